The van der Waals surface area contributed by atoms with Crippen molar-refractivity contribution in [2.45, 2.75) is 19.9 Å². The van der Waals surface area contributed by atoms with Crippen molar-refractivity contribution < 1.29 is 9.13 Å². The van der Waals surface area contributed by atoms with Gasteiger partial charge in [-0.15, -0.1) is 0 Å². The van der Waals surface area contributed by atoms with Gasteiger partial charge in [0.2, 0.25) is 0 Å². The van der Waals surface area contributed by atoms with Gasteiger partial charge in [-0.3, -0.25) is 4.98 Å². The Morgan fingerprint density at radius 1 is 1.30 bits per heavy atom. The Morgan fingerprint density at radius 3 is 2.90 bits per heavy atom. The molecule has 0 radical (unpaired) electrons. The largest absolute Gasteiger partial charge is 0.454 e. The van der Waals surface area contributed by atoms with E-state index >= 15 is 0 Å². The first-order valence-corrected chi connectivity index (χ1v) is 7.26. The SMILES string of the molecule is CCCNCc1ccncc1Oc1ccc(F)cc1Br. The number of pyridine rings is 1. The van der Waals surface area contributed by atoms with E-state index in [9.17, 15) is 4.39 Å². The lowest BCUT2D eigenvalue weighted by Gasteiger charge is -2.12. The molecule has 0 saturated heterocycles. The molecule has 3 nitrogen and oxygen atoms in total. The van der Waals surface area contributed by atoms with Crippen LogP contribution in [0, 0.1) is 5.82 Å². The summed E-state index contributed by atoms with van der Waals surface area (Å²) < 4.78 is 19.5. The van der Waals surface area contributed by atoms with Gasteiger partial charge < -0.3 is 10.1 Å². The summed E-state index contributed by atoms with van der Waals surface area (Å²) in [6.07, 6.45) is 4.47. The van der Waals surface area contributed by atoms with Gasteiger partial charge in [-0.1, -0.05) is 6.92 Å². The van der Waals surface area contributed by atoms with E-state index < -0.39 is 0 Å². The molecule has 1 N–H and O–H groups in total. The van der Waals surface area contributed by atoms with Gasteiger partial charge in [-0.25, -0.2) is 4.39 Å². The standard InChI is InChI=1S/C15H16BrFN2O/c1-2-6-18-9-11-5-7-19-10-15(11)20-14-4-3-12(17)8-13(14)16/h3-5,7-8,10,18H,2,6,9H2,1H3. The van der Waals surface area contributed by atoms with E-state index in [0.717, 1.165) is 18.5 Å². The van der Waals surface area contributed by atoms with E-state index in [4.69, 9.17) is 4.74 Å². The molecule has 0 spiro atoms. The van der Waals surface area contributed by atoms with Crippen LogP contribution < -0.4 is 10.1 Å². The molecule has 1 heterocycles. The van der Waals surface area contributed by atoms with Gasteiger partial charge in [0.25, 0.3) is 0 Å². The molecule has 0 aliphatic carbocycles. The molecule has 0 unspecified atom stereocenters. The fourth-order valence-corrected chi connectivity index (χ4v) is 2.15. The van der Waals surface area contributed by atoms with Crippen LogP contribution in [0.2, 0.25) is 0 Å². The van der Waals surface area contributed by atoms with Gasteiger partial charge in [0.1, 0.15) is 17.3 Å². The van der Waals surface area contributed by atoms with Gasteiger partial charge in [-0.05, 0) is 53.2 Å². The second-order valence-electron chi connectivity index (χ2n) is 4.34. The molecule has 2 aromatic rings. The molecular formula is C15H16BrFN2O. The van der Waals surface area contributed by atoms with Gasteiger partial charge >= 0.3 is 0 Å². The number of rotatable bonds is 6. The van der Waals surface area contributed by atoms with Crippen LogP contribution in [-0.4, -0.2) is 11.5 Å². The highest BCUT2D eigenvalue weighted by molar-refractivity contribution is 9.10. The van der Waals surface area contributed by atoms with Gasteiger partial charge in [0.05, 0.1) is 10.7 Å². The van der Waals surface area contributed by atoms with E-state index in [1.54, 1.807) is 18.5 Å². The Hall–Kier alpha value is -1.46. The smallest absolute Gasteiger partial charge is 0.150 e. The number of nitrogens with one attached hydrogen (secondary N) is 1. The molecule has 1 aromatic carbocycles. The lowest BCUT2D eigenvalue weighted by Crippen LogP contribution is -2.14. The van der Waals surface area contributed by atoms with E-state index in [1.807, 2.05) is 6.07 Å². The summed E-state index contributed by atoms with van der Waals surface area (Å²) in [6.45, 7) is 3.78. The predicted octanol–water partition coefficient (Wildman–Crippen LogP) is 4.28. The summed E-state index contributed by atoms with van der Waals surface area (Å²) in [5.41, 5.74) is 1.02. The summed E-state index contributed by atoms with van der Waals surface area (Å²) in [5.74, 6) is 0.930. The van der Waals surface area contributed by atoms with Crippen LogP contribution in [0.5, 0.6) is 11.5 Å². The number of halogens is 2. The molecule has 0 bridgehead atoms. The first-order valence-electron chi connectivity index (χ1n) is 6.47. The molecule has 0 fully saturated rings. The van der Waals surface area contributed by atoms with Gasteiger partial charge in [0, 0.05) is 18.3 Å². The minimum absolute atomic E-state index is 0.305. The third kappa shape index (κ3) is 4.02. The summed E-state index contributed by atoms with van der Waals surface area (Å²) in [6, 6.07) is 6.25. The Labute approximate surface area is 126 Å². The summed E-state index contributed by atoms with van der Waals surface area (Å²) in [5, 5.41) is 3.32. The highest BCUT2D eigenvalue weighted by atomic mass is 79.9. The molecule has 1 aromatic heterocycles. The van der Waals surface area contributed by atoms with E-state index in [0.29, 0.717) is 22.5 Å². The van der Waals surface area contributed by atoms with E-state index in [-0.39, 0.29) is 5.82 Å². The third-order valence-electron chi connectivity index (χ3n) is 2.73. The average molecular weight is 339 g/mol. The van der Waals surface area contributed by atoms with Gasteiger partial charge in [0.15, 0.2) is 0 Å². The fourth-order valence-electron chi connectivity index (χ4n) is 1.72. The minimum Gasteiger partial charge on any atom is -0.454 e. The van der Waals surface area contributed by atoms with Crippen molar-refractivity contribution >= 4 is 15.9 Å². The van der Waals surface area contributed by atoms with Crippen molar-refractivity contribution in [2.24, 2.45) is 0 Å². The number of ether oxygens (including phenoxy) is 1. The topological polar surface area (TPSA) is 34.2 Å². The molecule has 20 heavy (non-hydrogen) atoms. The fraction of sp³-hybridized carbons (Fsp3) is 0.267. The van der Waals surface area contributed by atoms with Crippen LogP contribution in [0.15, 0.2) is 41.1 Å². The maximum absolute atomic E-state index is 13.1. The van der Waals surface area contributed by atoms with Crippen LogP contribution in [0.4, 0.5) is 4.39 Å². The van der Waals surface area contributed by atoms with Crippen LogP contribution in [0.1, 0.15) is 18.9 Å². The second kappa shape index (κ2) is 7.36. The Kier molecular flexibility index (Phi) is 5.49. The van der Waals surface area contributed by atoms with Crippen molar-refractivity contribution in [1.29, 1.82) is 0 Å². The first kappa shape index (κ1) is 14.9. The molecule has 0 aliphatic heterocycles. The highest BCUT2D eigenvalue weighted by Crippen LogP contribution is 2.31. The molecule has 0 saturated carbocycles. The molecule has 0 atom stereocenters. The lowest BCUT2D eigenvalue weighted by molar-refractivity contribution is 0.465. The zero-order chi connectivity index (χ0) is 14.4. The molecule has 0 aliphatic rings. The normalized spacial score (nSPS) is 10.6. The molecule has 106 valence electrons. The van der Waals surface area contributed by atoms with Gasteiger partial charge in [-0.2, -0.15) is 0 Å². The Morgan fingerprint density at radius 2 is 2.15 bits per heavy atom. The number of aromatic nitrogens is 1. The van der Waals surface area contributed by atoms with Crippen molar-refractivity contribution in [3.63, 3.8) is 0 Å². The van der Waals surface area contributed by atoms with Crippen molar-refractivity contribution in [3.05, 3.63) is 52.5 Å². The zero-order valence-electron chi connectivity index (χ0n) is 11.2. The number of benzene rings is 1. The van der Waals surface area contributed by atoms with Crippen LogP contribution >= 0.6 is 15.9 Å². The lowest BCUT2D eigenvalue weighted by atomic mass is 10.2. The van der Waals surface area contributed by atoms with Crippen molar-refractivity contribution in [3.8, 4) is 11.5 Å². The maximum atomic E-state index is 13.1. The minimum atomic E-state index is -0.305. The Balaban J connectivity index is 2.16. The maximum Gasteiger partial charge on any atom is 0.150 e. The summed E-state index contributed by atoms with van der Waals surface area (Å²) in [4.78, 5) is 4.07. The van der Waals surface area contributed by atoms with Crippen LogP contribution in [0.25, 0.3) is 0 Å². The van der Waals surface area contributed by atoms with E-state index in [2.05, 4.69) is 33.2 Å². The first-order chi connectivity index (χ1) is 9.70. The molecule has 0 amide bonds. The highest BCUT2D eigenvalue weighted by Gasteiger charge is 2.08. The third-order valence-corrected chi connectivity index (χ3v) is 3.35. The zero-order valence-corrected chi connectivity index (χ0v) is 12.8. The molecule has 5 heteroatoms. The summed E-state index contributed by atoms with van der Waals surface area (Å²) >= 11 is 3.29. The number of hydrogen-bond donors (Lipinski definition) is 1. The van der Waals surface area contributed by atoms with Crippen LogP contribution in [0.3, 0.4) is 0 Å². The predicted molar refractivity (Wildman–Crippen MR) is 80.4 cm³/mol. The Bertz CT molecular complexity index is 578. The molecular weight excluding hydrogens is 323 g/mol. The van der Waals surface area contributed by atoms with E-state index in [1.165, 1.54) is 12.1 Å². The van der Waals surface area contributed by atoms with Crippen molar-refractivity contribution in [2.75, 3.05) is 6.54 Å². The number of nitrogens with zero attached hydrogens (tertiary/aromatic N) is 1. The average Bonchev–Trinajstić information content (AvgIpc) is 2.44. The molecule has 2 rings (SSSR count). The summed E-state index contributed by atoms with van der Waals surface area (Å²) in [7, 11) is 0. The van der Waals surface area contributed by atoms with Crippen molar-refractivity contribution in [1.82, 2.24) is 10.3 Å². The number of hydrogen-bond acceptors (Lipinski definition) is 3. The monoisotopic (exact) mass is 338 g/mol. The quantitative estimate of drug-likeness (QED) is 0.798. The van der Waals surface area contributed by atoms with Crippen LogP contribution in [-0.2, 0) is 6.54 Å². The second-order valence-corrected chi connectivity index (χ2v) is 5.19.